The van der Waals surface area contributed by atoms with Crippen LogP contribution in [0.1, 0.15) is 0 Å². The molecule has 2 N–H and O–H groups in total. The Morgan fingerprint density at radius 3 is 2.53 bits per heavy atom. The Hall–Kier alpha value is -1.73. The zero-order chi connectivity index (χ0) is 10.9. The van der Waals surface area contributed by atoms with E-state index in [1.807, 2.05) is 0 Å². The number of aromatic nitrogens is 2. The maximum absolute atomic E-state index is 10.6. The highest BCUT2D eigenvalue weighted by molar-refractivity contribution is 7.84. The van der Waals surface area contributed by atoms with Crippen molar-refractivity contribution in [2.45, 2.75) is 0 Å². The van der Waals surface area contributed by atoms with Crippen LogP contribution < -0.4 is 9.32 Å². The zero-order valence-corrected chi connectivity index (χ0v) is 8.31. The predicted molar refractivity (Wildman–Crippen MR) is 53.3 cm³/mol. The summed E-state index contributed by atoms with van der Waals surface area (Å²) in [5.41, 5.74) is 1.19. The third-order valence-corrected chi connectivity index (χ3v) is 2.03. The van der Waals surface area contributed by atoms with Crippen molar-refractivity contribution in [2.24, 2.45) is 5.14 Å². The lowest BCUT2D eigenvalue weighted by Gasteiger charge is -2.01. The molecule has 0 fully saturated rings. The first-order valence-electron chi connectivity index (χ1n) is 3.98. The van der Waals surface area contributed by atoms with Crippen LogP contribution in [-0.4, -0.2) is 18.4 Å². The highest BCUT2D eigenvalue weighted by atomic mass is 32.2. The second-order valence-corrected chi connectivity index (χ2v) is 3.93. The molecule has 0 atom stereocenters. The van der Waals surface area contributed by atoms with Crippen molar-refractivity contribution in [3.05, 3.63) is 30.5 Å². The Balaban J connectivity index is 2.48. The summed E-state index contributed by atoms with van der Waals surface area (Å²) in [6.07, 6.45) is 1.20. The second kappa shape index (κ2) is 3.44. The molecule has 0 aliphatic heterocycles. The molecular weight excluding hydrogens is 218 g/mol. The summed E-state index contributed by atoms with van der Waals surface area (Å²) >= 11 is 0. The van der Waals surface area contributed by atoms with Gasteiger partial charge in [-0.05, 0) is 12.1 Å². The summed E-state index contributed by atoms with van der Waals surface area (Å²) in [5.74, 6) is -0.142. The molecule has 0 amide bonds. The predicted octanol–water partition coefficient (Wildman–Crippen LogP) is 0.212. The number of nitrogens with two attached hydrogens (primary N) is 1. The molecule has 78 valence electrons. The Morgan fingerprint density at radius 1 is 1.20 bits per heavy atom. The van der Waals surface area contributed by atoms with Crippen molar-refractivity contribution in [1.29, 1.82) is 0 Å². The monoisotopic (exact) mass is 225 g/mol. The third kappa shape index (κ3) is 2.39. The number of para-hydroxylation sites is 2. The van der Waals surface area contributed by atoms with Crippen LogP contribution in [0.15, 0.2) is 30.5 Å². The fourth-order valence-electron chi connectivity index (χ4n) is 1.10. The molecule has 0 saturated heterocycles. The quantitative estimate of drug-likeness (QED) is 0.788. The van der Waals surface area contributed by atoms with Gasteiger partial charge in [-0.15, -0.1) is 0 Å². The molecule has 0 aliphatic carbocycles. The third-order valence-electron chi connectivity index (χ3n) is 1.63. The van der Waals surface area contributed by atoms with Gasteiger partial charge in [0.15, 0.2) is 0 Å². The number of nitrogens with zero attached hydrogens (tertiary/aromatic N) is 2. The number of fused-ring (bicyclic) bond motifs is 1. The van der Waals surface area contributed by atoms with Gasteiger partial charge in [0.25, 0.3) is 5.88 Å². The summed E-state index contributed by atoms with van der Waals surface area (Å²) in [4.78, 5) is 7.87. The number of hydrogen-bond acceptors (Lipinski definition) is 5. The van der Waals surface area contributed by atoms with Crippen LogP contribution in [0.4, 0.5) is 0 Å². The summed E-state index contributed by atoms with van der Waals surface area (Å²) in [6.45, 7) is 0. The van der Waals surface area contributed by atoms with E-state index in [1.54, 1.807) is 24.3 Å². The second-order valence-electron chi connectivity index (χ2n) is 2.77. The molecule has 1 heterocycles. The maximum atomic E-state index is 10.6. The van der Waals surface area contributed by atoms with Gasteiger partial charge in [-0.2, -0.15) is 13.6 Å². The van der Waals surface area contributed by atoms with Gasteiger partial charge in [0.05, 0.1) is 17.2 Å². The van der Waals surface area contributed by atoms with Crippen LogP contribution in [0.25, 0.3) is 11.0 Å². The first-order valence-corrected chi connectivity index (χ1v) is 5.46. The van der Waals surface area contributed by atoms with Gasteiger partial charge < -0.3 is 4.18 Å². The van der Waals surface area contributed by atoms with E-state index in [2.05, 4.69) is 14.2 Å². The van der Waals surface area contributed by atoms with Crippen LogP contribution >= 0.6 is 0 Å². The largest absolute Gasteiger partial charge is 0.381 e. The molecule has 15 heavy (non-hydrogen) atoms. The van der Waals surface area contributed by atoms with Gasteiger partial charge in [0, 0.05) is 0 Å². The molecule has 6 nitrogen and oxygen atoms in total. The normalized spacial score (nSPS) is 11.5. The number of hydrogen-bond donors (Lipinski definition) is 1. The standard InChI is InChI=1S/C8H7N3O3S/c9-15(12,13)14-8-5-10-6-3-1-2-4-7(6)11-8/h1-5H,(H2,9,12,13). The molecule has 2 aromatic rings. The van der Waals surface area contributed by atoms with E-state index in [0.717, 1.165) is 0 Å². The van der Waals surface area contributed by atoms with Crippen LogP contribution in [0.3, 0.4) is 0 Å². The minimum Gasteiger partial charge on any atom is -0.349 e. The highest BCUT2D eigenvalue weighted by Crippen LogP contribution is 2.13. The van der Waals surface area contributed by atoms with Crippen LogP contribution in [-0.2, 0) is 10.3 Å². The van der Waals surface area contributed by atoms with Crippen LogP contribution in [0.5, 0.6) is 5.88 Å². The lowest BCUT2D eigenvalue weighted by atomic mass is 10.3. The molecule has 2 rings (SSSR count). The van der Waals surface area contributed by atoms with Crippen LogP contribution in [0, 0.1) is 0 Å². The van der Waals surface area contributed by atoms with Crippen molar-refractivity contribution in [3.63, 3.8) is 0 Å². The minimum atomic E-state index is -4.05. The molecule has 0 bridgehead atoms. The molecule has 1 aromatic heterocycles. The summed E-state index contributed by atoms with van der Waals surface area (Å²) in [5, 5.41) is 4.69. The molecule has 0 spiro atoms. The molecule has 7 heteroatoms. The van der Waals surface area contributed by atoms with E-state index in [9.17, 15) is 8.42 Å². The molecular formula is C8H7N3O3S. The lowest BCUT2D eigenvalue weighted by Crippen LogP contribution is -2.19. The van der Waals surface area contributed by atoms with Gasteiger partial charge in [0.2, 0.25) is 0 Å². The summed E-state index contributed by atoms with van der Waals surface area (Å²) < 4.78 is 25.6. The Labute approximate surface area is 86.0 Å². The van der Waals surface area contributed by atoms with Gasteiger partial charge in [-0.25, -0.2) is 9.97 Å². The Morgan fingerprint density at radius 2 is 1.87 bits per heavy atom. The van der Waals surface area contributed by atoms with E-state index in [-0.39, 0.29) is 5.88 Å². The van der Waals surface area contributed by atoms with Crippen molar-refractivity contribution in [1.82, 2.24) is 9.97 Å². The highest BCUT2D eigenvalue weighted by Gasteiger charge is 2.07. The number of rotatable bonds is 2. The molecule has 0 aliphatic rings. The van der Waals surface area contributed by atoms with Crippen molar-refractivity contribution in [3.8, 4) is 5.88 Å². The van der Waals surface area contributed by atoms with Crippen LogP contribution in [0.2, 0.25) is 0 Å². The van der Waals surface area contributed by atoms with Crippen molar-refractivity contribution in [2.75, 3.05) is 0 Å². The van der Waals surface area contributed by atoms with Gasteiger partial charge in [-0.1, -0.05) is 12.1 Å². The maximum Gasteiger partial charge on any atom is 0.381 e. The Kier molecular flexibility index (Phi) is 2.25. The van der Waals surface area contributed by atoms with E-state index >= 15 is 0 Å². The first-order chi connectivity index (χ1) is 7.04. The Bertz CT molecular complexity index is 597. The summed E-state index contributed by atoms with van der Waals surface area (Å²) in [6, 6.07) is 7.01. The topological polar surface area (TPSA) is 95.2 Å². The SMILES string of the molecule is NS(=O)(=O)Oc1cnc2ccccc2n1. The number of benzene rings is 1. The summed E-state index contributed by atoms with van der Waals surface area (Å²) in [7, 11) is -4.05. The van der Waals surface area contributed by atoms with Gasteiger partial charge >= 0.3 is 10.3 Å². The zero-order valence-electron chi connectivity index (χ0n) is 7.49. The lowest BCUT2D eigenvalue weighted by molar-refractivity contribution is 0.477. The fourth-order valence-corrected chi connectivity index (χ4v) is 1.42. The van der Waals surface area contributed by atoms with Gasteiger partial charge in [-0.3, -0.25) is 0 Å². The molecule has 0 radical (unpaired) electrons. The molecule has 1 aromatic carbocycles. The molecule has 0 saturated carbocycles. The van der Waals surface area contributed by atoms with E-state index < -0.39 is 10.3 Å². The minimum absolute atomic E-state index is 0.142. The van der Waals surface area contributed by atoms with E-state index in [1.165, 1.54) is 6.20 Å². The first kappa shape index (κ1) is 9.81. The molecule has 0 unspecified atom stereocenters. The van der Waals surface area contributed by atoms with Gasteiger partial charge in [0.1, 0.15) is 0 Å². The average Bonchev–Trinajstić information content (AvgIpc) is 2.15. The fraction of sp³-hybridized carbons (Fsp3) is 0. The van der Waals surface area contributed by atoms with E-state index in [0.29, 0.717) is 11.0 Å². The average molecular weight is 225 g/mol. The van der Waals surface area contributed by atoms with Crippen molar-refractivity contribution < 1.29 is 12.6 Å². The smallest absolute Gasteiger partial charge is 0.349 e. The van der Waals surface area contributed by atoms with E-state index in [4.69, 9.17) is 5.14 Å². The van der Waals surface area contributed by atoms with Crippen molar-refractivity contribution >= 4 is 21.3 Å².